The van der Waals surface area contributed by atoms with Gasteiger partial charge in [-0.15, -0.1) is 0 Å². The van der Waals surface area contributed by atoms with Crippen molar-refractivity contribution in [3.8, 4) is 5.75 Å². The molecule has 3 unspecified atom stereocenters. The summed E-state index contributed by atoms with van der Waals surface area (Å²) < 4.78 is 5.73. The van der Waals surface area contributed by atoms with E-state index in [2.05, 4.69) is 46.8 Å². The number of benzene rings is 1. The Morgan fingerprint density at radius 1 is 1.14 bits per heavy atom. The van der Waals surface area contributed by atoms with Crippen molar-refractivity contribution >= 4 is 0 Å². The third-order valence-corrected chi connectivity index (χ3v) is 4.24. The molecule has 0 aliphatic heterocycles. The minimum Gasteiger partial charge on any atom is -0.494 e. The summed E-state index contributed by atoms with van der Waals surface area (Å²) in [5.74, 6) is 1.23. The summed E-state index contributed by atoms with van der Waals surface area (Å²) in [4.78, 5) is 0. The third kappa shape index (κ3) is 5.29. The van der Waals surface area contributed by atoms with E-state index in [0.717, 1.165) is 31.6 Å². The van der Waals surface area contributed by atoms with Gasteiger partial charge in [0.25, 0.3) is 0 Å². The number of hydrogen-bond acceptors (Lipinski definition) is 3. The second kappa shape index (κ2) is 9.16. The van der Waals surface area contributed by atoms with Crippen LogP contribution in [0.15, 0.2) is 12.1 Å². The van der Waals surface area contributed by atoms with Crippen molar-refractivity contribution in [2.45, 2.75) is 78.4 Å². The van der Waals surface area contributed by atoms with E-state index in [1.165, 1.54) is 16.7 Å². The average molecular weight is 307 g/mol. The van der Waals surface area contributed by atoms with Gasteiger partial charge in [-0.1, -0.05) is 27.2 Å². The van der Waals surface area contributed by atoms with Crippen molar-refractivity contribution in [1.29, 1.82) is 0 Å². The number of nitrogens with two attached hydrogens (primary N) is 1. The summed E-state index contributed by atoms with van der Waals surface area (Å²) in [5, 5.41) is 10.3. The Bertz CT molecular complexity index is 436. The van der Waals surface area contributed by atoms with Crippen LogP contribution in [-0.4, -0.2) is 23.9 Å². The second-order valence-electron chi connectivity index (χ2n) is 6.48. The van der Waals surface area contributed by atoms with Crippen LogP contribution in [0.2, 0.25) is 0 Å². The van der Waals surface area contributed by atoms with Gasteiger partial charge in [-0.25, -0.2) is 0 Å². The lowest BCUT2D eigenvalue weighted by Gasteiger charge is -2.24. The summed E-state index contributed by atoms with van der Waals surface area (Å²) in [7, 11) is 0. The molecular formula is C19H33NO2. The predicted molar refractivity (Wildman–Crippen MR) is 93.6 cm³/mol. The van der Waals surface area contributed by atoms with Gasteiger partial charge in [0.1, 0.15) is 5.75 Å². The van der Waals surface area contributed by atoms with Crippen LogP contribution in [0.1, 0.15) is 69.1 Å². The molecule has 0 spiro atoms. The van der Waals surface area contributed by atoms with Crippen molar-refractivity contribution in [3.63, 3.8) is 0 Å². The lowest BCUT2D eigenvalue weighted by Crippen LogP contribution is -2.35. The molecule has 1 rings (SSSR count). The van der Waals surface area contributed by atoms with Crippen molar-refractivity contribution in [2.75, 3.05) is 6.61 Å². The zero-order valence-corrected chi connectivity index (χ0v) is 14.9. The Morgan fingerprint density at radius 2 is 1.73 bits per heavy atom. The lowest BCUT2D eigenvalue weighted by molar-refractivity contribution is 0.124. The van der Waals surface area contributed by atoms with Gasteiger partial charge in [0, 0.05) is 6.04 Å². The van der Waals surface area contributed by atoms with E-state index in [1.54, 1.807) is 0 Å². The maximum absolute atomic E-state index is 10.3. The van der Waals surface area contributed by atoms with E-state index >= 15 is 0 Å². The molecule has 3 N–H and O–H groups in total. The fraction of sp³-hybridized carbons (Fsp3) is 0.684. The molecule has 1 aromatic rings. The molecule has 0 aliphatic carbocycles. The Kier molecular flexibility index (Phi) is 7.91. The number of hydrogen-bond donors (Lipinski definition) is 2. The third-order valence-electron chi connectivity index (χ3n) is 4.24. The van der Waals surface area contributed by atoms with Crippen molar-refractivity contribution in [1.82, 2.24) is 0 Å². The van der Waals surface area contributed by atoms with Crippen LogP contribution in [0, 0.1) is 13.8 Å². The molecule has 0 fully saturated rings. The van der Waals surface area contributed by atoms with Crippen molar-refractivity contribution in [2.24, 2.45) is 5.73 Å². The molecular weight excluding hydrogens is 274 g/mol. The minimum absolute atomic E-state index is 0.125. The Morgan fingerprint density at radius 3 is 2.23 bits per heavy atom. The highest BCUT2D eigenvalue weighted by Gasteiger charge is 2.20. The molecule has 0 heterocycles. The highest BCUT2D eigenvalue weighted by molar-refractivity contribution is 5.43. The number of aliphatic hydroxyl groups is 1. The Balaban J connectivity index is 2.82. The van der Waals surface area contributed by atoms with Gasteiger partial charge in [0.05, 0.1) is 12.7 Å². The van der Waals surface area contributed by atoms with Gasteiger partial charge in [-0.3, -0.25) is 0 Å². The summed E-state index contributed by atoms with van der Waals surface area (Å²) in [6, 6.07) is 4.08. The monoisotopic (exact) mass is 307 g/mol. The smallest absolute Gasteiger partial charge is 0.119 e. The second-order valence-corrected chi connectivity index (χ2v) is 6.48. The summed E-state index contributed by atoms with van der Waals surface area (Å²) in [6.07, 6.45) is 3.16. The van der Waals surface area contributed by atoms with E-state index < -0.39 is 6.10 Å². The standard InChI is InChI=1S/C19H33NO2/c1-6-8-17(20)18(21)12-15(5)19-13(3)10-16(11-14(19)4)22-9-7-2/h10-11,15,17-18,21H,6-9,12,20H2,1-5H3. The van der Waals surface area contributed by atoms with E-state index in [1.807, 2.05) is 0 Å². The first kappa shape index (κ1) is 19.0. The molecule has 1 aromatic carbocycles. The van der Waals surface area contributed by atoms with E-state index in [0.29, 0.717) is 6.42 Å². The normalized spacial score (nSPS) is 15.4. The van der Waals surface area contributed by atoms with Crippen LogP contribution in [0.25, 0.3) is 0 Å². The molecule has 3 atom stereocenters. The van der Waals surface area contributed by atoms with E-state index in [-0.39, 0.29) is 12.0 Å². The van der Waals surface area contributed by atoms with Crippen LogP contribution in [0.4, 0.5) is 0 Å². The van der Waals surface area contributed by atoms with Crippen molar-refractivity contribution < 1.29 is 9.84 Å². The van der Waals surface area contributed by atoms with Gasteiger partial charge < -0.3 is 15.6 Å². The number of rotatable bonds is 9. The molecule has 22 heavy (non-hydrogen) atoms. The van der Waals surface area contributed by atoms with Crippen molar-refractivity contribution in [3.05, 3.63) is 28.8 Å². The zero-order valence-electron chi connectivity index (χ0n) is 14.9. The van der Waals surface area contributed by atoms with Gasteiger partial charge in [-0.05, 0) is 67.9 Å². The van der Waals surface area contributed by atoms with Gasteiger partial charge in [-0.2, -0.15) is 0 Å². The predicted octanol–water partition coefficient (Wildman–Crippen LogP) is 4.07. The highest BCUT2D eigenvalue weighted by Crippen LogP contribution is 2.31. The Labute approximate surface area is 135 Å². The first-order chi connectivity index (χ1) is 10.4. The van der Waals surface area contributed by atoms with Gasteiger partial charge >= 0.3 is 0 Å². The fourth-order valence-electron chi connectivity index (χ4n) is 3.20. The van der Waals surface area contributed by atoms with Crippen LogP contribution < -0.4 is 10.5 Å². The van der Waals surface area contributed by atoms with E-state index in [9.17, 15) is 5.11 Å². The first-order valence-corrected chi connectivity index (χ1v) is 8.58. The molecule has 3 nitrogen and oxygen atoms in total. The summed E-state index contributed by atoms with van der Waals surface area (Å²) in [5.41, 5.74) is 9.81. The highest BCUT2D eigenvalue weighted by atomic mass is 16.5. The minimum atomic E-state index is -0.440. The Hall–Kier alpha value is -1.06. The zero-order chi connectivity index (χ0) is 16.7. The van der Waals surface area contributed by atoms with Crippen LogP contribution >= 0.6 is 0 Å². The van der Waals surface area contributed by atoms with Gasteiger partial charge in [0.15, 0.2) is 0 Å². The summed E-state index contributed by atoms with van der Waals surface area (Å²) in [6.45, 7) is 11.4. The quantitative estimate of drug-likeness (QED) is 0.723. The molecule has 0 saturated carbocycles. The molecule has 0 radical (unpaired) electrons. The molecule has 0 aromatic heterocycles. The molecule has 0 amide bonds. The number of ether oxygens (including phenoxy) is 1. The number of aliphatic hydroxyl groups excluding tert-OH is 1. The van der Waals surface area contributed by atoms with E-state index in [4.69, 9.17) is 10.5 Å². The number of aryl methyl sites for hydroxylation is 2. The van der Waals surface area contributed by atoms with Crippen LogP contribution in [0.5, 0.6) is 5.75 Å². The maximum atomic E-state index is 10.3. The molecule has 0 aliphatic rings. The summed E-state index contributed by atoms with van der Waals surface area (Å²) >= 11 is 0. The van der Waals surface area contributed by atoms with Crippen LogP contribution in [-0.2, 0) is 0 Å². The SMILES string of the molecule is CCCOc1cc(C)c(C(C)CC(O)C(N)CCC)c(C)c1. The van der Waals surface area contributed by atoms with Crippen LogP contribution in [0.3, 0.4) is 0 Å². The maximum Gasteiger partial charge on any atom is 0.119 e. The average Bonchev–Trinajstić information content (AvgIpc) is 2.44. The molecule has 3 heteroatoms. The first-order valence-electron chi connectivity index (χ1n) is 8.58. The van der Waals surface area contributed by atoms with Gasteiger partial charge in [0.2, 0.25) is 0 Å². The molecule has 0 saturated heterocycles. The molecule has 126 valence electrons. The largest absolute Gasteiger partial charge is 0.494 e. The topological polar surface area (TPSA) is 55.5 Å². The molecule has 0 bridgehead atoms. The lowest BCUT2D eigenvalue weighted by atomic mass is 9.86. The fourth-order valence-corrected chi connectivity index (χ4v) is 3.20.